The second-order valence-corrected chi connectivity index (χ2v) is 4.88. The van der Waals surface area contributed by atoms with E-state index in [1.54, 1.807) is 18.2 Å². The third-order valence-corrected chi connectivity index (χ3v) is 3.23. The quantitative estimate of drug-likeness (QED) is 0.764. The summed E-state index contributed by atoms with van der Waals surface area (Å²) < 4.78 is 38.6. The molecule has 0 radical (unpaired) electrons. The molecule has 104 valence electrons. The lowest BCUT2D eigenvalue weighted by atomic mass is 10.3. The highest BCUT2D eigenvalue weighted by Gasteiger charge is 2.27. The van der Waals surface area contributed by atoms with Crippen LogP contribution in [0.1, 0.15) is 12.2 Å². The van der Waals surface area contributed by atoms with E-state index in [0.717, 1.165) is 0 Å². The van der Waals surface area contributed by atoms with Crippen molar-refractivity contribution < 1.29 is 13.2 Å². The first-order valence-corrected chi connectivity index (χ1v) is 6.60. The van der Waals surface area contributed by atoms with Crippen LogP contribution in [-0.2, 0) is 13.0 Å². The molecule has 0 N–H and O–H groups in total. The molecule has 19 heavy (non-hydrogen) atoms. The fourth-order valence-electron chi connectivity index (χ4n) is 1.94. The largest absolute Gasteiger partial charge is 0.390 e. The zero-order valence-electron chi connectivity index (χ0n) is 9.84. The van der Waals surface area contributed by atoms with Crippen LogP contribution in [0.5, 0.6) is 0 Å². The number of alkyl halides is 4. The number of fused-ring (bicyclic) bond motifs is 1. The van der Waals surface area contributed by atoms with Gasteiger partial charge in [0.05, 0.1) is 22.5 Å². The number of aryl methyl sites for hydroxylation is 2. The minimum Gasteiger partial charge on any atom is -0.326 e. The van der Waals surface area contributed by atoms with Gasteiger partial charge in [0.2, 0.25) is 0 Å². The van der Waals surface area contributed by atoms with Crippen molar-refractivity contribution in [1.82, 2.24) is 9.55 Å². The van der Waals surface area contributed by atoms with Gasteiger partial charge < -0.3 is 4.57 Å². The summed E-state index contributed by atoms with van der Waals surface area (Å²) in [4.78, 5) is 4.29. The Bertz CT molecular complexity index is 578. The molecule has 0 aliphatic rings. The lowest BCUT2D eigenvalue weighted by Crippen LogP contribution is -2.14. The lowest BCUT2D eigenvalue weighted by molar-refractivity contribution is -0.136. The number of hydrogen-bond donors (Lipinski definition) is 0. The van der Waals surface area contributed by atoms with Crippen LogP contribution in [0.4, 0.5) is 13.2 Å². The van der Waals surface area contributed by atoms with Crippen LogP contribution in [0.2, 0.25) is 5.02 Å². The zero-order chi connectivity index (χ0) is 14.0. The van der Waals surface area contributed by atoms with Crippen LogP contribution in [0.15, 0.2) is 18.2 Å². The molecular weight excluding hydrogens is 300 g/mol. The van der Waals surface area contributed by atoms with Gasteiger partial charge in [-0.25, -0.2) is 4.98 Å². The number of halogens is 5. The number of para-hydroxylation sites is 1. The highest BCUT2D eigenvalue weighted by molar-refractivity contribution is 6.35. The first-order valence-electron chi connectivity index (χ1n) is 5.68. The van der Waals surface area contributed by atoms with E-state index in [-0.39, 0.29) is 6.54 Å². The Kier molecular flexibility index (Phi) is 4.26. The number of aromatic nitrogens is 2. The predicted molar refractivity (Wildman–Crippen MR) is 69.8 cm³/mol. The van der Waals surface area contributed by atoms with Gasteiger partial charge in [0.1, 0.15) is 5.82 Å². The molecule has 2 rings (SSSR count). The van der Waals surface area contributed by atoms with Gasteiger partial charge in [-0.1, -0.05) is 17.7 Å². The maximum Gasteiger partial charge on any atom is 0.390 e. The predicted octanol–water partition coefficient (Wildman–Crippen LogP) is 4.42. The number of rotatable bonds is 4. The standard InChI is InChI=1S/C12H11Cl2F3N2/c13-6-4-10-18-9-3-1-2-8(14)11(9)19(10)7-5-12(15,16)17/h1-3H,4-7H2. The van der Waals surface area contributed by atoms with Crippen molar-refractivity contribution in [3.8, 4) is 0 Å². The first kappa shape index (κ1) is 14.5. The van der Waals surface area contributed by atoms with Crippen LogP contribution in [0.25, 0.3) is 11.0 Å². The first-order chi connectivity index (χ1) is 8.92. The Labute approximate surface area is 118 Å². The molecule has 1 heterocycles. The van der Waals surface area contributed by atoms with Gasteiger partial charge in [0.25, 0.3) is 0 Å². The third kappa shape index (κ3) is 3.34. The van der Waals surface area contributed by atoms with Gasteiger partial charge in [-0.05, 0) is 12.1 Å². The molecule has 0 atom stereocenters. The van der Waals surface area contributed by atoms with Gasteiger partial charge in [-0.3, -0.25) is 0 Å². The second kappa shape index (κ2) is 5.59. The van der Waals surface area contributed by atoms with Gasteiger partial charge in [0.15, 0.2) is 0 Å². The van der Waals surface area contributed by atoms with E-state index in [4.69, 9.17) is 23.2 Å². The Hall–Kier alpha value is -0.940. The molecule has 1 aromatic heterocycles. The van der Waals surface area contributed by atoms with Gasteiger partial charge in [-0.15, -0.1) is 11.6 Å². The van der Waals surface area contributed by atoms with E-state index in [0.29, 0.717) is 34.2 Å². The van der Waals surface area contributed by atoms with Crippen molar-refractivity contribution in [1.29, 1.82) is 0 Å². The van der Waals surface area contributed by atoms with Gasteiger partial charge >= 0.3 is 6.18 Å². The Morgan fingerprint density at radius 1 is 1.26 bits per heavy atom. The summed E-state index contributed by atoms with van der Waals surface area (Å²) in [5.41, 5.74) is 1.13. The smallest absolute Gasteiger partial charge is 0.326 e. The molecular formula is C12H11Cl2F3N2. The van der Waals surface area contributed by atoms with E-state index in [1.165, 1.54) is 4.57 Å². The molecule has 0 amide bonds. The number of benzene rings is 1. The SMILES string of the molecule is FC(F)(F)CCn1c(CCCl)nc2cccc(Cl)c21. The van der Waals surface area contributed by atoms with Crippen molar-refractivity contribution in [3.63, 3.8) is 0 Å². The van der Waals surface area contributed by atoms with Crippen molar-refractivity contribution in [2.24, 2.45) is 0 Å². The molecule has 7 heteroatoms. The van der Waals surface area contributed by atoms with Crippen LogP contribution in [0, 0.1) is 0 Å². The van der Waals surface area contributed by atoms with E-state index < -0.39 is 12.6 Å². The van der Waals surface area contributed by atoms with Crippen LogP contribution < -0.4 is 0 Å². The van der Waals surface area contributed by atoms with E-state index in [9.17, 15) is 13.2 Å². The van der Waals surface area contributed by atoms with Crippen molar-refractivity contribution in [2.45, 2.75) is 25.6 Å². The summed E-state index contributed by atoms with van der Waals surface area (Å²) in [7, 11) is 0. The Morgan fingerprint density at radius 3 is 2.63 bits per heavy atom. The van der Waals surface area contributed by atoms with E-state index in [1.807, 2.05) is 0 Å². The fourth-order valence-corrected chi connectivity index (χ4v) is 2.39. The van der Waals surface area contributed by atoms with Crippen LogP contribution in [0.3, 0.4) is 0 Å². The molecule has 2 nitrogen and oxygen atoms in total. The number of nitrogens with zero attached hydrogens (tertiary/aromatic N) is 2. The van der Waals surface area contributed by atoms with Crippen molar-refractivity contribution in [3.05, 3.63) is 29.0 Å². The summed E-state index contributed by atoms with van der Waals surface area (Å²) in [5, 5.41) is 0.396. The summed E-state index contributed by atoms with van der Waals surface area (Å²) in [6.07, 6.45) is -4.72. The molecule has 0 saturated carbocycles. The minimum atomic E-state index is -4.21. The molecule has 0 aliphatic carbocycles. The molecule has 0 spiro atoms. The average molecular weight is 311 g/mol. The molecule has 0 unspecified atom stereocenters. The highest BCUT2D eigenvalue weighted by Crippen LogP contribution is 2.27. The highest BCUT2D eigenvalue weighted by atomic mass is 35.5. The van der Waals surface area contributed by atoms with Crippen molar-refractivity contribution >= 4 is 34.2 Å². The summed E-state index contributed by atoms with van der Waals surface area (Å²) in [6.45, 7) is -0.198. The molecule has 1 aromatic carbocycles. The normalized spacial score (nSPS) is 12.3. The Morgan fingerprint density at radius 2 is 2.00 bits per heavy atom. The topological polar surface area (TPSA) is 17.8 Å². The number of imidazole rings is 1. The van der Waals surface area contributed by atoms with Crippen LogP contribution >= 0.6 is 23.2 Å². The van der Waals surface area contributed by atoms with E-state index >= 15 is 0 Å². The monoisotopic (exact) mass is 310 g/mol. The average Bonchev–Trinajstić information content (AvgIpc) is 2.65. The van der Waals surface area contributed by atoms with Gasteiger partial charge in [-0.2, -0.15) is 13.2 Å². The lowest BCUT2D eigenvalue weighted by Gasteiger charge is -2.11. The second-order valence-electron chi connectivity index (χ2n) is 4.09. The molecule has 0 fully saturated rings. The molecule has 2 aromatic rings. The summed E-state index contributed by atoms with van der Waals surface area (Å²) in [5.74, 6) is 0.829. The third-order valence-electron chi connectivity index (χ3n) is 2.73. The fraction of sp³-hybridized carbons (Fsp3) is 0.417. The summed E-state index contributed by atoms with van der Waals surface area (Å²) in [6, 6.07) is 5.08. The molecule has 0 saturated heterocycles. The number of hydrogen-bond acceptors (Lipinski definition) is 1. The van der Waals surface area contributed by atoms with E-state index in [2.05, 4.69) is 4.98 Å². The van der Waals surface area contributed by atoms with Crippen LogP contribution in [-0.4, -0.2) is 21.6 Å². The Balaban J connectivity index is 2.45. The summed E-state index contributed by atoms with van der Waals surface area (Å²) >= 11 is 11.7. The molecule has 0 bridgehead atoms. The zero-order valence-corrected chi connectivity index (χ0v) is 11.4. The van der Waals surface area contributed by atoms with Crippen molar-refractivity contribution in [2.75, 3.05) is 5.88 Å². The maximum absolute atomic E-state index is 12.4. The van der Waals surface area contributed by atoms with Gasteiger partial charge in [0, 0.05) is 18.8 Å². The minimum absolute atomic E-state index is 0.198. The molecule has 0 aliphatic heterocycles. The maximum atomic E-state index is 12.4.